The molecule has 0 radical (unpaired) electrons. The number of benzene rings is 2. The van der Waals surface area contributed by atoms with Crippen LogP contribution in [-0.4, -0.2) is 15.5 Å². The molecule has 1 N–H and O–H groups in total. The molecule has 2 aromatic carbocycles. The fraction of sp³-hybridized carbons (Fsp3) is 0.318. The summed E-state index contributed by atoms with van der Waals surface area (Å²) in [5.41, 5.74) is 2.50. The van der Waals surface area contributed by atoms with Crippen molar-refractivity contribution < 1.29 is 4.79 Å². The lowest BCUT2D eigenvalue weighted by Crippen LogP contribution is -2.31. The highest BCUT2D eigenvalue weighted by atomic mass is 16.1. The Morgan fingerprint density at radius 1 is 1.15 bits per heavy atom. The second-order valence-corrected chi connectivity index (χ2v) is 7.04. The first kappa shape index (κ1) is 18.7. The van der Waals surface area contributed by atoms with Crippen molar-refractivity contribution in [3.63, 3.8) is 0 Å². The van der Waals surface area contributed by atoms with Crippen LogP contribution in [0.4, 0.5) is 0 Å². The Kier molecular flexibility index (Phi) is 5.87. The lowest BCUT2D eigenvalue weighted by molar-refractivity contribution is 0.0929. The van der Waals surface area contributed by atoms with Crippen LogP contribution in [0.25, 0.3) is 11.0 Å². The van der Waals surface area contributed by atoms with Crippen molar-refractivity contribution in [2.45, 2.75) is 39.3 Å². The van der Waals surface area contributed by atoms with Crippen molar-refractivity contribution in [2.75, 3.05) is 0 Å². The Hall–Kier alpha value is -3.13. The normalized spacial score (nSPS) is 12.1. The van der Waals surface area contributed by atoms with E-state index in [1.165, 1.54) is 0 Å². The predicted octanol–water partition coefficient (Wildman–Crippen LogP) is 4.47. The summed E-state index contributed by atoms with van der Waals surface area (Å²) < 4.78 is 2.07. The zero-order valence-corrected chi connectivity index (χ0v) is 15.7. The molecule has 3 aromatic rings. The number of nitrogens with zero attached hydrogens (tertiary/aromatic N) is 3. The number of para-hydroxylation sites is 2. The second-order valence-electron chi connectivity index (χ2n) is 7.04. The van der Waals surface area contributed by atoms with Crippen LogP contribution in [0.1, 0.15) is 48.9 Å². The Morgan fingerprint density at radius 3 is 2.56 bits per heavy atom. The Labute approximate surface area is 159 Å². The third-order valence-electron chi connectivity index (χ3n) is 4.49. The zero-order valence-electron chi connectivity index (χ0n) is 15.7. The SMILES string of the molecule is CC(C)CC(NC(=O)c1ccccc1)c1nc2ccccc2n1CCC#N. The smallest absolute Gasteiger partial charge is 0.251 e. The number of hydrogen-bond acceptors (Lipinski definition) is 3. The highest BCUT2D eigenvalue weighted by molar-refractivity contribution is 5.94. The molecule has 0 aliphatic heterocycles. The van der Waals surface area contributed by atoms with Crippen LogP contribution in [-0.2, 0) is 6.54 Å². The number of amides is 1. The van der Waals surface area contributed by atoms with Crippen LogP contribution in [0.15, 0.2) is 54.6 Å². The number of rotatable bonds is 7. The van der Waals surface area contributed by atoms with Gasteiger partial charge in [0.15, 0.2) is 0 Å². The molecule has 1 heterocycles. The Morgan fingerprint density at radius 2 is 1.85 bits per heavy atom. The average molecular weight is 360 g/mol. The quantitative estimate of drug-likeness (QED) is 0.676. The van der Waals surface area contributed by atoms with Gasteiger partial charge in [-0.1, -0.05) is 44.2 Å². The van der Waals surface area contributed by atoms with Crippen LogP contribution in [0.2, 0.25) is 0 Å². The van der Waals surface area contributed by atoms with Gasteiger partial charge in [-0.15, -0.1) is 0 Å². The fourth-order valence-corrected chi connectivity index (χ4v) is 3.29. The van der Waals surface area contributed by atoms with Crippen molar-refractivity contribution in [3.8, 4) is 6.07 Å². The molecule has 0 aliphatic carbocycles. The Bertz CT molecular complexity index is 953. The average Bonchev–Trinajstić information content (AvgIpc) is 3.04. The maximum atomic E-state index is 12.7. The van der Waals surface area contributed by atoms with Crippen LogP contribution in [0, 0.1) is 17.2 Å². The highest BCUT2D eigenvalue weighted by Gasteiger charge is 2.23. The van der Waals surface area contributed by atoms with E-state index in [2.05, 4.69) is 29.8 Å². The van der Waals surface area contributed by atoms with E-state index in [9.17, 15) is 4.79 Å². The van der Waals surface area contributed by atoms with Crippen molar-refractivity contribution in [1.29, 1.82) is 5.26 Å². The van der Waals surface area contributed by atoms with E-state index in [0.717, 1.165) is 23.3 Å². The molecule has 0 aliphatic rings. The molecule has 0 bridgehead atoms. The molecule has 1 aromatic heterocycles. The molecule has 0 saturated heterocycles. The largest absolute Gasteiger partial charge is 0.342 e. The first-order valence-electron chi connectivity index (χ1n) is 9.28. The number of hydrogen-bond donors (Lipinski definition) is 1. The van der Waals surface area contributed by atoms with Crippen LogP contribution in [0.3, 0.4) is 0 Å². The van der Waals surface area contributed by atoms with Crippen LogP contribution in [0.5, 0.6) is 0 Å². The molecule has 0 spiro atoms. The number of carbonyl (C=O) groups excluding carboxylic acids is 1. The maximum absolute atomic E-state index is 12.7. The summed E-state index contributed by atoms with van der Waals surface area (Å²) in [5, 5.41) is 12.2. The first-order valence-corrected chi connectivity index (χ1v) is 9.28. The van der Waals surface area contributed by atoms with Gasteiger partial charge in [0, 0.05) is 12.1 Å². The van der Waals surface area contributed by atoms with E-state index in [-0.39, 0.29) is 11.9 Å². The number of aryl methyl sites for hydroxylation is 1. The van der Waals surface area contributed by atoms with Crippen molar-refractivity contribution in [3.05, 3.63) is 66.0 Å². The molecule has 5 heteroatoms. The molecule has 1 unspecified atom stereocenters. The van der Waals surface area contributed by atoms with E-state index in [0.29, 0.717) is 24.4 Å². The molecular formula is C22H24N4O. The first-order chi connectivity index (χ1) is 13.1. The molecule has 1 amide bonds. The topological polar surface area (TPSA) is 70.7 Å². The Balaban J connectivity index is 1.99. The summed E-state index contributed by atoms with van der Waals surface area (Å²) >= 11 is 0. The van der Waals surface area contributed by atoms with E-state index >= 15 is 0 Å². The second kappa shape index (κ2) is 8.50. The van der Waals surface area contributed by atoms with Gasteiger partial charge < -0.3 is 9.88 Å². The van der Waals surface area contributed by atoms with Crippen molar-refractivity contribution in [1.82, 2.24) is 14.9 Å². The summed E-state index contributed by atoms with van der Waals surface area (Å²) in [7, 11) is 0. The van der Waals surface area contributed by atoms with Crippen LogP contribution >= 0.6 is 0 Å². The van der Waals surface area contributed by atoms with Crippen molar-refractivity contribution >= 4 is 16.9 Å². The number of imidazole rings is 1. The van der Waals surface area contributed by atoms with Gasteiger partial charge in [-0.25, -0.2) is 4.98 Å². The third kappa shape index (κ3) is 4.35. The zero-order chi connectivity index (χ0) is 19.2. The highest BCUT2D eigenvalue weighted by Crippen LogP contribution is 2.26. The van der Waals surface area contributed by atoms with Gasteiger partial charge in [0.1, 0.15) is 5.82 Å². The maximum Gasteiger partial charge on any atom is 0.251 e. The fourth-order valence-electron chi connectivity index (χ4n) is 3.29. The number of nitriles is 1. The molecule has 27 heavy (non-hydrogen) atoms. The number of carbonyl (C=O) groups is 1. The van der Waals surface area contributed by atoms with E-state index in [4.69, 9.17) is 10.2 Å². The minimum atomic E-state index is -0.219. The molecule has 5 nitrogen and oxygen atoms in total. The summed E-state index contributed by atoms with van der Waals surface area (Å²) in [6.07, 6.45) is 1.17. The minimum Gasteiger partial charge on any atom is -0.342 e. The number of fused-ring (bicyclic) bond motifs is 1. The lowest BCUT2D eigenvalue weighted by Gasteiger charge is -2.21. The summed E-state index contributed by atoms with van der Waals surface area (Å²) in [4.78, 5) is 17.6. The molecule has 3 rings (SSSR count). The van der Waals surface area contributed by atoms with Gasteiger partial charge in [-0.2, -0.15) is 5.26 Å². The molecule has 138 valence electrons. The van der Waals surface area contributed by atoms with Gasteiger partial charge in [-0.3, -0.25) is 4.79 Å². The lowest BCUT2D eigenvalue weighted by atomic mass is 10.0. The minimum absolute atomic E-state index is 0.111. The third-order valence-corrected chi connectivity index (χ3v) is 4.49. The van der Waals surface area contributed by atoms with Crippen molar-refractivity contribution in [2.24, 2.45) is 5.92 Å². The monoisotopic (exact) mass is 360 g/mol. The molecular weight excluding hydrogens is 336 g/mol. The number of aromatic nitrogens is 2. The van der Waals surface area contributed by atoms with E-state index in [1.807, 2.05) is 42.5 Å². The molecule has 0 fully saturated rings. The summed E-state index contributed by atoms with van der Waals surface area (Å²) in [6.45, 7) is 4.82. The number of nitrogens with one attached hydrogen (secondary N) is 1. The summed E-state index contributed by atoms with van der Waals surface area (Å²) in [5.74, 6) is 1.08. The summed E-state index contributed by atoms with van der Waals surface area (Å²) in [6, 6.07) is 19.1. The predicted molar refractivity (Wildman–Crippen MR) is 106 cm³/mol. The van der Waals surface area contributed by atoms with Gasteiger partial charge in [0.2, 0.25) is 0 Å². The van der Waals surface area contributed by atoms with Gasteiger partial charge in [0.05, 0.1) is 29.6 Å². The van der Waals surface area contributed by atoms with E-state index < -0.39 is 0 Å². The standard InChI is InChI=1S/C22H24N4O/c1-16(2)15-19(25-22(27)17-9-4-3-5-10-17)21-24-18-11-6-7-12-20(18)26(21)14-8-13-23/h3-7,9-12,16,19H,8,14-15H2,1-2H3,(H,25,27). The van der Waals surface area contributed by atoms with Gasteiger partial charge in [0.25, 0.3) is 5.91 Å². The molecule has 0 saturated carbocycles. The van der Waals surface area contributed by atoms with Crippen LogP contribution < -0.4 is 5.32 Å². The van der Waals surface area contributed by atoms with Gasteiger partial charge in [-0.05, 0) is 36.6 Å². The van der Waals surface area contributed by atoms with Gasteiger partial charge >= 0.3 is 0 Å². The molecule has 1 atom stereocenters. The van der Waals surface area contributed by atoms with E-state index in [1.54, 1.807) is 12.1 Å².